The van der Waals surface area contributed by atoms with Crippen LogP contribution in [-0.4, -0.2) is 38.8 Å². The Morgan fingerprint density at radius 2 is 2.11 bits per heavy atom. The monoisotopic (exact) mass is 386 g/mol. The van der Waals surface area contributed by atoms with Gasteiger partial charge in [-0.25, -0.2) is 9.97 Å². The summed E-state index contributed by atoms with van der Waals surface area (Å²) < 4.78 is 0. The minimum Gasteiger partial charge on any atom is -0.337 e. The fourth-order valence-corrected chi connectivity index (χ4v) is 5.13. The van der Waals surface area contributed by atoms with Gasteiger partial charge >= 0.3 is 0 Å². The quantitative estimate of drug-likeness (QED) is 0.817. The fourth-order valence-electron chi connectivity index (χ4n) is 4.36. The van der Waals surface area contributed by atoms with E-state index in [1.165, 1.54) is 11.3 Å². The summed E-state index contributed by atoms with van der Waals surface area (Å²) in [6, 6.07) is 0. The molecule has 1 spiro atoms. The van der Waals surface area contributed by atoms with Crippen LogP contribution in [0.4, 0.5) is 0 Å². The molecule has 2 aromatic heterocycles. The first-order valence-corrected chi connectivity index (χ1v) is 10.4. The van der Waals surface area contributed by atoms with E-state index in [1.807, 2.05) is 11.8 Å². The van der Waals surface area contributed by atoms with Crippen LogP contribution in [0.1, 0.15) is 72.5 Å². The average molecular weight is 387 g/mol. The molecule has 1 amide bonds. The molecule has 1 N–H and O–H groups in total. The van der Waals surface area contributed by atoms with Gasteiger partial charge in [-0.3, -0.25) is 9.59 Å². The summed E-state index contributed by atoms with van der Waals surface area (Å²) in [4.78, 5) is 40.5. The van der Waals surface area contributed by atoms with Gasteiger partial charge in [0.15, 0.2) is 0 Å². The number of aryl methyl sites for hydroxylation is 1. The maximum atomic E-state index is 13.0. The molecule has 1 saturated heterocycles. The number of H-pyrrole nitrogens is 1. The van der Waals surface area contributed by atoms with E-state index in [4.69, 9.17) is 4.98 Å². The van der Waals surface area contributed by atoms with Crippen molar-refractivity contribution >= 4 is 17.2 Å². The van der Waals surface area contributed by atoms with Gasteiger partial charge in [-0.1, -0.05) is 20.8 Å². The van der Waals surface area contributed by atoms with Crippen LogP contribution in [0.5, 0.6) is 0 Å². The van der Waals surface area contributed by atoms with E-state index in [-0.39, 0.29) is 22.3 Å². The number of fused-ring (bicyclic) bond motifs is 2. The Kier molecular flexibility index (Phi) is 4.25. The number of thiazole rings is 1. The number of carbonyl (C=O) groups is 1. The van der Waals surface area contributed by atoms with Crippen LogP contribution in [0.2, 0.25) is 0 Å². The molecule has 4 rings (SSSR count). The van der Waals surface area contributed by atoms with Gasteiger partial charge in [0, 0.05) is 29.5 Å². The van der Waals surface area contributed by atoms with E-state index < -0.39 is 0 Å². The topological polar surface area (TPSA) is 79.0 Å². The standard InChI is InChI=1S/C20H26N4O2S/c1-12-14(27-11-21-12)17(26)24-9-5-7-20(10-24)8-6-13-15(20)22-18(19(2,3)4)23-16(13)25/h11H,5-10H2,1-4H3,(H,22,23,25). The molecule has 3 heterocycles. The lowest BCUT2D eigenvalue weighted by Gasteiger charge is -2.40. The van der Waals surface area contributed by atoms with Crippen LogP contribution in [0.25, 0.3) is 0 Å². The highest BCUT2D eigenvalue weighted by atomic mass is 32.1. The number of rotatable bonds is 1. The third-order valence-corrected chi connectivity index (χ3v) is 6.80. The molecule has 2 aliphatic rings. The highest BCUT2D eigenvalue weighted by Gasteiger charge is 2.46. The summed E-state index contributed by atoms with van der Waals surface area (Å²) >= 11 is 1.40. The Morgan fingerprint density at radius 1 is 1.33 bits per heavy atom. The molecule has 1 fully saturated rings. The van der Waals surface area contributed by atoms with Gasteiger partial charge in [-0.15, -0.1) is 11.3 Å². The van der Waals surface area contributed by atoms with Gasteiger partial charge in [-0.05, 0) is 32.6 Å². The second-order valence-electron chi connectivity index (χ2n) is 8.87. The minimum absolute atomic E-state index is 0.0106. The second-order valence-corrected chi connectivity index (χ2v) is 9.72. The number of likely N-dealkylation sites (tertiary alicyclic amines) is 1. The summed E-state index contributed by atoms with van der Waals surface area (Å²) in [5, 5.41) is 0. The smallest absolute Gasteiger partial charge is 0.265 e. The lowest BCUT2D eigenvalue weighted by Crippen LogP contribution is -2.48. The predicted molar refractivity (Wildman–Crippen MR) is 106 cm³/mol. The third-order valence-electron chi connectivity index (χ3n) is 5.89. The highest BCUT2D eigenvalue weighted by molar-refractivity contribution is 7.11. The molecule has 0 aromatic carbocycles. The van der Waals surface area contributed by atoms with Crippen LogP contribution in [0.3, 0.4) is 0 Å². The Labute approximate surface area is 163 Å². The molecule has 7 heteroatoms. The Bertz CT molecular complexity index is 956. The number of amides is 1. The molecule has 1 aliphatic carbocycles. The van der Waals surface area contributed by atoms with E-state index in [9.17, 15) is 9.59 Å². The average Bonchev–Trinajstić information content (AvgIpc) is 3.18. The van der Waals surface area contributed by atoms with Crippen molar-refractivity contribution in [1.82, 2.24) is 19.9 Å². The van der Waals surface area contributed by atoms with Crippen molar-refractivity contribution in [2.75, 3.05) is 13.1 Å². The molecular weight excluding hydrogens is 360 g/mol. The number of nitrogens with one attached hydrogen (secondary N) is 1. The van der Waals surface area contributed by atoms with E-state index in [1.54, 1.807) is 5.51 Å². The van der Waals surface area contributed by atoms with Gasteiger partial charge in [0.2, 0.25) is 0 Å². The van der Waals surface area contributed by atoms with Gasteiger partial charge < -0.3 is 9.88 Å². The Balaban J connectivity index is 1.72. The van der Waals surface area contributed by atoms with Crippen LogP contribution in [0, 0.1) is 6.92 Å². The number of hydrogen-bond acceptors (Lipinski definition) is 5. The summed E-state index contributed by atoms with van der Waals surface area (Å²) in [6.45, 7) is 9.44. The zero-order valence-electron chi connectivity index (χ0n) is 16.4. The van der Waals surface area contributed by atoms with Crippen LogP contribution in [-0.2, 0) is 17.3 Å². The van der Waals surface area contributed by atoms with Gasteiger partial charge in [-0.2, -0.15) is 0 Å². The largest absolute Gasteiger partial charge is 0.337 e. The normalized spacial score (nSPS) is 22.3. The lowest BCUT2D eigenvalue weighted by molar-refractivity contribution is 0.0637. The molecule has 1 unspecified atom stereocenters. The number of nitrogens with zero attached hydrogens (tertiary/aromatic N) is 3. The van der Waals surface area contributed by atoms with E-state index in [2.05, 4.69) is 30.7 Å². The van der Waals surface area contributed by atoms with Crippen molar-refractivity contribution < 1.29 is 4.79 Å². The number of carbonyl (C=O) groups excluding carboxylic acids is 1. The maximum absolute atomic E-state index is 13.0. The first-order valence-electron chi connectivity index (χ1n) is 9.55. The maximum Gasteiger partial charge on any atom is 0.265 e. The lowest BCUT2D eigenvalue weighted by atomic mass is 9.77. The molecule has 0 radical (unpaired) electrons. The molecule has 27 heavy (non-hydrogen) atoms. The number of aromatic amines is 1. The molecule has 2 aromatic rings. The second kappa shape index (κ2) is 6.26. The van der Waals surface area contributed by atoms with E-state index in [0.29, 0.717) is 6.54 Å². The molecule has 0 bridgehead atoms. The molecular formula is C20H26N4O2S. The SMILES string of the molecule is Cc1ncsc1C(=O)N1CCCC2(CCc3c2nc(C(C)(C)C)[nH]c3=O)C1. The zero-order chi connectivity index (χ0) is 19.4. The van der Waals surface area contributed by atoms with Crippen molar-refractivity contribution in [3.63, 3.8) is 0 Å². The van der Waals surface area contributed by atoms with Crippen molar-refractivity contribution in [3.8, 4) is 0 Å². The molecule has 0 saturated carbocycles. The first-order chi connectivity index (χ1) is 12.7. The minimum atomic E-state index is -0.220. The van der Waals surface area contributed by atoms with Crippen LogP contribution in [0.15, 0.2) is 10.3 Å². The Morgan fingerprint density at radius 3 is 2.78 bits per heavy atom. The van der Waals surface area contributed by atoms with Crippen molar-refractivity contribution in [3.05, 3.63) is 43.5 Å². The highest BCUT2D eigenvalue weighted by Crippen LogP contribution is 2.43. The number of aromatic nitrogens is 3. The van der Waals surface area contributed by atoms with E-state index in [0.717, 1.165) is 59.9 Å². The summed E-state index contributed by atoms with van der Waals surface area (Å²) in [5.41, 5.74) is 3.83. The molecule has 6 nitrogen and oxygen atoms in total. The fraction of sp³-hybridized carbons (Fsp3) is 0.600. The first kappa shape index (κ1) is 18.3. The summed E-state index contributed by atoms with van der Waals surface area (Å²) in [6.07, 6.45) is 3.54. The third kappa shape index (κ3) is 3.02. The Hall–Kier alpha value is -2.02. The molecule has 144 valence electrons. The van der Waals surface area contributed by atoms with Crippen molar-refractivity contribution in [2.24, 2.45) is 0 Å². The van der Waals surface area contributed by atoms with E-state index >= 15 is 0 Å². The van der Waals surface area contributed by atoms with Crippen LogP contribution >= 0.6 is 11.3 Å². The zero-order valence-corrected chi connectivity index (χ0v) is 17.2. The summed E-state index contributed by atoms with van der Waals surface area (Å²) in [7, 11) is 0. The van der Waals surface area contributed by atoms with Gasteiger partial charge in [0.25, 0.3) is 11.5 Å². The number of hydrogen-bond donors (Lipinski definition) is 1. The van der Waals surface area contributed by atoms with Gasteiger partial charge in [0.1, 0.15) is 10.7 Å². The molecule has 1 atom stereocenters. The van der Waals surface area contributed by atoms with Crippen LogP contribution < -0.4 is 5.56 Å². The van der Waals surface area contributed by atoms with Crippen molar-refractivity contribution in [2.45, 2.75) is 64.2 Å². The summed E-state index contributed by atoms with van der Waals surface area (Å²) in [5.74, 6) is 0.790. The molecule has 1 aliphatic heterocycles. The van der Waals surface area contributed by atoms with Gasteiger partial charge in [0.05, 0.1) is 16.9 Å². The predicted octanol–water partition coefficient (Wildman–Crippen LogP) is 2.95. The number of piperidine rings is 1. The van der Waals surface area contributed by atoms with Crippen molar-refractivity contribution in [1.29, 1.82) is 0 Å².